The lowest BCUT2D eigenvalue weighted by Crippen LogP contribution is -2.01. The second-order valence-electron chi connectivity index (χ2n) is 4.75. The Hall–Kier alpha value is -1.74. The number of aliphatic hydroxyl groups is 1. The van der Waals surface area contributed by atoms with Gasteiger partial charge in [0, 0.05) is 11.8 Å². The van der Waals surface area contributed by atoms with Crippen LogP contribution < -0.4 is 0 Å². The van der Waals surface area contributed by atoms with Crippen LogP contribution in [-0.4, -0.2) is 15.1 Å². The highest BCUT2D eigenvalue weighted by Gasteiger charge is 2.11. The van der Waals surface area contributed by atoms with Gasteiger partial charge in [-0.2, -0.15) is 0 Å². The van der Waals surface area contributed by atoms with Crippen LogP contribution in [0.1, 0.15) is 35.4 Å². The maximum absolute atomic E-state index is 9.59. The van der Waals surface area contributed by atoms with E-state index in [0.717, 1.165) is 16.7 Å². The average molecular weight is 242 g/mol. The van der Waals surface area contributed by atoms with Crippen molar-refractivity contribution in [3.05, 3.63) is 46.8 Å². The summed E-state index contributed by atoms with van der Waals surface area (Å²) in [6.07, 6.45) is 1.13. The van der Waals surface area contributed by atoms with E-state index >= 15 is 0 Å². The third-order valence-corrected chi connectivity index (χ3v) is 3.01. The van der Waals surface area contributed by atoms with Gasteiger partial charge in [0.05, 0.1) is 11.8 Å². The fourth-order valence-electron chi connectivity index (χ4n) is 2.26. The number of aromatic nitrogens is 2. The van der Waals surface area contributed by atoms with E-state index in [4.69, 9.17) is 0 Å². The van der Waals surface area contributed by atoms with E-state index in [-0.39, 0.29) is 0 Å². The van der Waals surface area contributed by atoms with Crippen LogP contribution in [0.25, 0.3) is 11.4 Å². The monoisotopic (exact) mass is 242 g/mol. The summed E-state index contributed by atoms with van der Waals surface area (Å²) < 4.78 is 0. The van der Waals surface area contributed by atoms with Crippen LogP contribution >= 0.6 is 0 Å². The van der Waals surface area contributed by atoms with Gasteiger partial charge in [-0.3, -0.25) is 0 Å². The standard InChI is InChI=1S/C15H18N2O/c1-9-7-10(2)14(11(3)8-9)15-16-6-5-13(17-15)12(4)18/h5-8,12,18H,1-4H3. The Labute approximate surface area is 108 Å². The van der Waals surface area contributed by atoms with Gasteiger partial charge in [0.15, 0.2) is 5.82 Å². The molecule has 3 heteroatoms. The molecule has 0 amide bonds. The second kappa shape index (κ2) is 4.86. The molecule has 1 N–H and O–H groups in total. The molecule has 1 aromatic heterocycles. The normalized spacial score (nSPS) is 12.5. The lowest BCUT2D eigenvalue weighted by molar-refractivity contribution is 0.194. The Balaban J connectivity index is 2.59. The van der Waals surface area contributed by atoms with Gasteiger partial charge in [-0.25, -0.2) is 9.97 Å². The van der Waals surface area contributed by atoms with Crippen molar-refractivity contribution in [3.63, 3.8) is 0 Å². The van der Waals surface area contributed by atoms with Gasteiger partial charge in [0.1, 0.15) is 0 Å². The third kappa shape index (κ3) is 2.41. The van der Waals surface area contributed by atoms with E-state index in [0.29, 0.717) is 11.5 Å². The first-order valence-electron chi connectivity index (χ1n) is 6.08. The summed E-state index contributed by atoms with van der Waals surface area (Å²) in [6.45, 7) is 7.92. The molecular formula is C15H18N2O. The zero-order chi connectivity index (χ0) is 13.3. The second-order valence-corrected chi connectivity index (χ2v) is 4.75. The van der Waals surface area contributed by atoms with Crippen LogP contribution in [0, 0.1) is 20.8 Å². The van der Waals surface area contributed by atoms with Crippen LogP contribution in [-0.2, 0) is 0 Å². The molecule has 0 aliphatic rings. The molecule has 0 aliphatic carbocycles. The van der Waals surface area contributed by atoms with Crippen molar-refractivity contribution in [1.29, 1.82) is 0 Å². The number of hydrogen-bond acceptors (Lipinski definition) is 3. The van der Waals surface area contributed by atoms with Gasteiger partial charge in [0.2, 0.25) is 0 Å². The molecule has 0 aliphatic heterocycles. The summed E-state index contributed by atoms with van der Waals surface area (Å²) >= 11 is 0. The topological polar surface area (TPSA) is 46.0 Å². The van der Waals surface area contributed by atoms with Crippen LogP contribution in [0.3, 0.4) is 0 Å². The quantitative estimate of drug-likeness (QED) is 0.880. The third-order valence-electron chi connectivity index (χ3n) is 3.01. The van der Waals surface area contributed by atoms with Crippen molar-refractivity contribution < 1.29 is 5.11 Å². The number of rotatable bonds is 2. The number of nitrogens with zero attached hydrogens (tertiary/aromatic N) is 2. The molecule has 1 unspecified atom stereocenters. The highest BCUT2D eigenvalue weighted by molar-refractivity contribution is 5.65. The number of benzene rings is 1. The highest BCUT2D eigenvalue weighted by atomic mass is 16.3. The maximum atomic E-state index is 9.59. The van der Waals surface area contributed by atoms with Gasteiger partial charge in [-0.05, 0) is 44.9 Å². The van der Waals surface area contributed by atoms with E-state index in [2.05, 4.69) is 42.9 Å². The Bertz CT molecular complexity index is 553. The fourth-order valence-corrected chi connectivity index (χ4v) is 2.26. The predicted molar refractivity (Wildman–Crippen MR) is 72.3 cm³/mol. The molecule has 1 aromatic carbocycles. The van der Waals surface area contributed by atoms with Crippen molar-refractivity contribution >= 4 is 0 Å². The molecule has 0 fully saturated rings. The minimum Gasteiger partial charge on any atom is -0.387 e. The van der Waals surface area contributed by atoms with E-state index in [1.807, 2.05) is 0 Å². The Kier molecular flexibility index (Phi) is 3.43. The number of hydrogen-bond donors (Lipinski definition) is 1. The minimum atomic E-state index is -0.571. The molecule has 2 rings (SSSR count). The van der Waals surface area contributed by atoms with Gasteiger partial charge < -0.3 is 5.11 Å². The molecule has 0 saturated carbocycles. The SMILES string of the molecule is Cc1cc(C)c(-c2nccc(C(C)O)n2)c(C)c1. The van der Waals surface area contributed by atoms with Crippen LogP contribution in [0.2, 0.25) is 0 Å². The molecule has 94 valence electrons. The minimum absolute atomic E-state index is 0.571. The van der Waals surface area contributed by atoms with Gasteiger partial charge in [0.25, 0.3) is 0 Å². The van der Waals surface area contributed by atoms with Crippen molar-refractivity contribution in [2.24, 2.45) is 0 Å². The largest absolute Gasteiger partial charge is 0.387 e. The molecule has 1 atom stereocenters. The summed E-state index contributed by atoms with van der Waals surface area (Å²) in [5.74, 6) is 0.684. The van der Waals surface area contributed by atoms with Gasteiger partial charge in [-0.1, -0.05) is 17.7 Å². The van der Waals surface area contributed by atoms with Crippen LogP contribution in [0.4, 0.5) is 0 Å². The van der Waals surface area contributed by atoms with Crippen molar-refractivity contribution in [2.45, 2.75) is 33.8 Å². The first-order chi connectivity index (χ1) is 8.49. The Morgan fingerprint density at radius 2 is 1.72 bits per heavy atom. The van der Waals surface area contributed by atoms with Gasteiger partial charge >= 0.3 is 0 Å². The molecule has 0 bridgehead atoms. The van der Waals surface area contributed by atoms with E-state index in [1.165, 1.54) is 5.56 Å². The number of aliphatic hydroxyl groups excluding tert-OH is 1. The molecule has 0 saturated heterocycles. The zero-order valence-electron chi connectivity index (χ0n) is 11.2. The summed E-state index contributed by atoms with van der Waals surface area (Å²) in [7, 11) is 0. The average Bonchev–Trinajstić information content (AvgIpc) is 2.28. The van der Waals surface area contributed by atoms with Crippen molar-refractivity contribution in [3.8, 4) is 11.4 Å². The highest BCUT2D eigenvalue weighted by Crippen LogP contribution is 2.26. The van der Waals surface area contributed by atoms with Crippen LogP contribution in [0.5, 0.6) is 0 Å². The first-order valence-corrected chi connectivity index (χ1v) is 6.08. The lowest BCUT2D eigenvalue weighted by Gasteiger charge is -2.11. The maximum Gasteiger partial charge on any atom is 0.160 e. The van der Waals surface area contributed by atoms with Gasteiger partial charge in [-0.15, -0.1) is 0 Å². The molecule has 0 radical (unpaired) electrons. The summed E-state index contributed by atoms with van der Waals surface area (Å²) in [6, 6.07) is 5.99. The lowest BCUT2D eigenvalue weighted by atomic mass is 9.99. The smallest absolute Gasteiger partial charge is 0.160 e. The number of aryl methyl sites for hydroxylation is 3. The summed E-state index contributed by atoms with van der Waals surface area (Å²) in [5.41, 5.74) is 5.27. The first kappa shape index (κ1) is 12.7. The van der Waals surface area contributed by atoms with Crippen molar-refractivity contribution in [1.82, 2.24) is 9.97 Å². The van der Waals surface area contributed by atoms with E-state index in [9.17, 15) is 5.11 Å². The fraction of sp³-hybridized carbons (Fsp3) is 0.333. The predicted octanol–water partition coefficient (Wildman–Crippen LogP) is 3.12. The molecule has 3 nitrogen and oxygen atoms in total. The zero-order valence-corrected chi connectivity index (χ0v) is 11.2. The van der Waals surface area contributed by atoms with E-state index < -0.39 is 6.10 Å². The summed E-state index contributed by atoms with van der Waals surface area (Å²) in [4.78, 5) is 8.75. The molecule has 2 aromatic rings. The Morgan fingerprint density at radius 1 is 1.11 bits per heavy atom. The molecule has 0 spiro atoms. The summed E-state index contributed by atoms with van der Waals surface area (Å²) in [5, 5.41) is 9.59. The van der Waals surface area contributed by atoms with Crippen molar-refractivity contribution in [2.75, 3.05) is 0 Å². The van der Waals surface area contributed by atoms with Crippen LogP contribution in [0.15, 0.2) is 24.4 Å². The molecule has 18 heavy (non-hydrogen) atoms. The molecular weight excluding hydrogens is 224 g/mol. The molecule has 1 heterocycles. The van der Waals surface area contributed by atoms with E-state index in [1.54, 1.807) is 19.2 Å². The Morgan fingerprint density at radius 3 is 2.28 bits per heavy atom.